The van der Waals surface area contributed by atoms with Crippen LogP contribution in [0.3, 0.4) is 0 Å². The van der Waals surface area contributed by atoms with Gasteiger partial charge in [-0.1, -0.05) is 48.5 Å². The summed E-state index contributed by atoms with van der Waals surface area (Å²) in [6.07, 6.45) is 1.64. The van der Waals surface area contributed by atoms with E-state index in [1.54, 1.807) is 37.5 Å². The van der Waals surface area contributed by atoms with Crippen LogP contribution in [-0.2, 0) is 11.4 Å². The second-order valence-electron chi connectivity index (χ2n) is 6.38. The number of aliphatic carboxylic acids is 1. The number of carboxylic acids is 1. The molecule has 0 radical (unpaired) electrons. The van der Waals surface area contributed by atoms with Crippen LogP contribution in [-0.4, -0.2) is 18.2 Å². The molecule has 0 saturated heterocycles. The summed E-state index contributed by atoms with van der Waals surface area (Å²) in [5.74, 6) is 0.382. The Hall–Kier alpha value is -3.53. The summed E-state index contributed by atoms with van der Waals surface area (Å²) in [6, 6.07) is 22.4. The number of rotatable bonds is 7. The largest absolute Gasteiger partial charge is 0.497 e. The maximum atomic E-state index is 11.8. The molecular formula is C24H22O4. The second kappa shape index (κ2) is 8.91. The molecule has 0 aliphatic rings. The minimum Gasteiger partial charge on any atom is -0.497 e. The van der Waals surface area contributed by atoms with Gasteiger partial charge in [-0.3, -0.25) is 0 Å². The Morgan fingerprint density at radius 3 is 2.39 bits per heavy atom. The average Bonchev–Trinajstić information content (AvgIpc) is 2.72. The second-order valence-corrected chi connectivity index (χ2v) is 6.38. The number of benzene rings is 3. The molecule has 3 aromatic rings. The highest BCUT2D eigenvalue weighted by molar-refractivity contribution is 6.20. The topological polar surface area (TPSA) is 55.8 Å². The Bertz CT molecular complexity index is 987. The van der Waals surface area contributed by atoms with Gasteiger partial charge < -0.3 is 14.6 Å². The molecule has 0 atom stereocenters. The third kappa shape index (κ3) is 4.80. The summed E-state index contributed by atoms with van der Waals surface area (Å²) in [5.41, 5.74) is 3.87. The summed E-state index contributed by atoms with van der Waals surface area (Å²) >= 11 is 0. The summed E-state index contributed by atoms with van der Waals surface area (Å²) in [5, 5.41) is 9.64. The minimum atomic E-state index is -0.989. The summed E-state index contributed by atoms with van der Waals surface area (Å²) in [7, 11) is 1.57. The molecule has 0 amide bonds. The van der Waals surface area contributed by atoms with Gasteiger partial charge in [0.1, 0.15) is 18.1 Å². The number of aryl methyl sites for hydroxylation is 1. The van der Waals surface area contributed by atoms with Crippen molar-refractivity contribution in [1.29, 1.82) is 0 Å². The van der Waals surface area contributed by atoms with Gasteiger partial charge in [0.15, 0.2) is 0 Å². The molecule has 1 N–H and O–H groups in total. The fourth-order valence-corrected chi connectivity index (χ4v) is 2.83. The lowest BCUT2D eigenvalue weighted by atomic mass is 10.0. The lowest BCUT2D eigenvalue weighted by Crippen LogP contribution is -2.00. The van der Waals surface area contributed by atoms with Gasteiger partial charge in [-0.2, -0.15) is 0 Å². The maximum absolute atomic E-state index is 11.8. The summed E-state index contributed by atoms with van der Waals surface area (Å²) in [6.45, 7) is 2.51. The van der Waals surface area contributed by atoms with Crippen LogP contribution in [0, 0.1) is 6.92 Å². The molecule has 4 nitrogen and oxygen atoms in total. The Morgan fingerprint density at radius 2 is 1.71 bits per heavy atom. The van der Waals surface area contributed by atoms with Crippen molar-refractivity contribution in [3.05, 3.63) is 95.1 Å². The van der Waals surface area contributed by atoms with Gasteiger partial charge in [0.25, 0.3) is 0 Å². The Kier molecular flexibility index (Phi) is 6.12. The summed E-state index contributed by atoms with van der Waals surface area (Å²) in [4.78, 5) is 11.8. The molecule has 3 rings (SSSR count). The van der Waals surface area contributed by atoms with E-state index < -0.39 is 5.97 Å². The molecule has 3 aromatic carbocycles. The van der Waals surface area contributed by atoms with E-state index in [4.69, 9.17) is 9.47 Å². The first kappa shape index (κ1) is 19.2. The quantitative estimate of drug-likeness (QED) is 0.456. The molecule has 0 bridgehead atoms. The van der Waals surface area contributed by atoms with Crippen molar-refractivity contribution in [3.8, 4) is 11.5 Å². The van der Waals surface area contributed by atoms with E-state index in [-0.39, 0.29) is 5.57 Å². The van der Waals surface area contributed by atoms with Gasteiger partial charge in [0.05, 0.1) is 12.7 Å². The number of hydrogen-bond donors (Lipinski definition) is 1. The fraction of sp³-hybridized carbons (Fsp3) is 0.125. The molecule has 0 aliphatic carbocycles. The number of methoxy groups -OCH3 is 1. The van der Waals surface area contributed by atoms with Crippen LogP contribution < -0.4 is 9.47 Å². The highest BCUT2D eigenvalue weighted by atomic mass is 16.5. The predicted molar refractivity (Wildman–Crippen MR) is 110 cm³/mol. The van der Waals surface area contributed by atoms with E-state index in [1.165, 1.54) is 5.56 Å². The molecule has 0 aromatic heterocycles. The van der Waals surface area contributed by atoms with Crippen molar-refractivity contribution in [2.45, 2.75) is 13.5 Å². The first-order chi connectivity index (χ1) is 13.6. The molecule has 0 fully saturated rings. The van der Waals surface area contributed by atoms with Crippen LogP contribution in [0.5, 0.6) is 11.5 Å². The van der Waals surface area contributed by atoms with Crippen LogP contribution in [0.15, 0.2) is 72.8 Å². The molecule has 28 heavy (non-hydrogen) atoms. The Morgan fingerprint density at radius 1 is 0.964 bits per heavy atom. The number of carboxylic acid groups (broad SMARTS) is 1. The van der Waals surface area contributed by atoms with Crippen LogP contribution in [0.25, 0.3) is 11.6 Å². The van der Waals surface area contributed by atoms with E-state index in [1.807, 2.05) is 55.5 Å². The number of ether oxygens (including phenoxy) is 2. The van der Waals surface area contributed by atoms with Gasteiger partial charge >= 0.3 is 5.97 Å². The van der Waals surface area contributed by atoms with Crippen LogP contribution in [0.4, 0.5) is 0 Å². The lowest BCUT2D eigenvalue weighted by Gasteiger charge is -2.10. The predicted octanol–water partition coefficient (Wildman–Crippen LogP) is 5.21. The third-order valence-electron chi connectivity index (χ3n) is 4.46. The molecule has 0 unspecified atom stereocenters. The molecule has 4 heteroatoms. The highest BCUT2D eigenvalue weighted by Gasteiger charge is 2.11. The smallest absolute Gasteiger partial charge is 0.336 e. The van der Waals surface area contributed by atoms with Crippen LogP contribution in [0.2, 0.25) is 0 Å². The first-order valence-corrected chi connectivity index (χ1v) is 8.93. The normalized spacial score (nSPS) is 11.1. The van der Waals surface area contributed by atoms with Gasteiger partial charge in [-0.15, -0.1) is 0 Å². The van der Waals surface area contributed by atoms with E-state index in [0.29, 0.717) is 23.7 Å². The molecule has 0 aliphatic heterocycles. The average molecular weight is 374 g/mol. The molecule has 142 valence electrons. The third-order valence-corrected chi connectivity index (χ3v) is 4.46. The standard InChI is InChI=1S/C24H22O4/c1-17-6-3-4-8-20(17)16-28-22-9-5-7-18(14-22)15-23(24(25)26)19-10-12-21(27-2)13-11-19/h3-15H,16H2,1-2H3,(H,25,26)/b23-15-. The lowest BCUT2D eigenvalue weighted by molar-refractivity contribution is -0.130. The van der Waals surface area contributed by atoms with Crippen molar-refractivity contribution < 1.29 is 19.4 Å². The van der Waals surface area contributed by atoms with E-state index in [9.17, 15) is 9.90 Å². The zero-order chi connectivity index (χ0) is 19.9. The van der Waals surface area contributed by atoms with E-state index in [2.05, 4.69) is 0 Å². The monoisotopic (exact) mass is 374 g/mol. The van der Waals surface area contributed by atoms with Gasteiger partial charge in [0, 0.05) is 0 Å². The van der Waals surface area contributed by atoms with Crippen LogP contribution >= 0.6 is 0 Å². The van der Waals surface area contributed by atoms with E-state index >= 15 is 0 Å². The maximum Gasteiger partial charge on any atom is 0.336 e. The zero-order valence-electron chi connectivity index (χ0n) is 15.9. The van der Waals surface area contributed by atoms with Crippen molar-refractivity contribution in [1.82, 2.24) is 0 Å². The first-order valence-electron chi connectivity index (χ1n) is 8.93. The Balaban J connectivity index is 1.82. The minimum absolute atomic E-state index is 0.207. The Labute approximate surface area is 164 Å². The highest BCUT2D eigenvalue weighted by Crippen LogP contribution is 2.24. The fourth-order valence-electron chi connectivity index (χ4n) is 2.83. The molecule has 0 spiro atoms. The van der Waals surface area contributed by atoms with Crippen molar-refractivity contribution in [3.63, 3.8) is 0 Å². The van der Waals surface area contributed by atoms with Gasteiger partial charge in [0.2, 0.25) is 0 Å². The van der Waals surface area contributed by atoms with Crippen molar-refractivity contribution >= 4 is 17.6 Å². The number of carbonyl (C=O) groups is 1. The van der Waals surface area contributed by atoms with Crippen molar-refractivity contribution in [2.24, 2.45) is 0 Å². The molecular weight excluding hydrogens is 352 g/mol. The van der Waals surface area contributed by atoms with Gasteiger partial charge in [-0.25, -0.2) is 4.79 Å². The molecule has 0 saturated carbocycles. The van der Waals surface area contributed by atoms with Gasteiger partial charge in [-0.05, 0) is 59.5 Å². The zero-order valence-corrected chi connectivity index (χ0v) is 15.9. The van der Waals surface area contributed by atoms with Crippen molar-refractivity contribution in [2.75, 3.05) is 7.11 Å². The SMILES string of the molecule is COc1ccc(/C(=C/c2cccc(OCc3ccccc3C)c2)C(=O)O)cc1. The molecule has 0 heterocycles. The van der Waals surface area contributed by atoms with Crippen LogP contribution in [0.1, 0.15) is 22.3 Å². The van der Waals surface area contributed by atoms with E-state index in [0.717, 1.165) is 11.1 Å². The number of hydrogen-bond acceptors (Lipinski definition) is 3. The summed E-state index contributed by atoms with van der Waals surface area (Å²) < 4.78 is 11.0.